The maximum absolute atomic E-state index is 12.8. The molecular weight excluding hydrogens is 231 g/mol. The first-order chi connectivity index (χ1) is 8.74. The molecule has 5 heteroatoms. The quantitative estimate of drug-likeness (QED) is 0.597. The first-order valence-corrected chi connectivity index (χ1v) is 7.38. The summed E-state index contributed by atoms with van der Waals surface area (Å²) in [7, 11) is 0. The van der Waals surface area contributed by atoms with Crippen LogP contribution in [-0.2, 0) is 0 Å². The first-order valence-electron chi connectivity index (χ1n) is 7.38. The second kappa shape index (κ2) is 8.80. The molecule has 0 saturated carbocycles. The van der Waals surface area contributed by atoms with Gasteiger partial charge < -0.3 is 5.32 Å². The number of rotatable bonds is 3. The summed E-state index contributed by atoms with van der Waals surface area (Å²) < 4.78 is 12.8. The number of piperidine rings is 2. The minimum atomic E-state index is 0.517. The normalized spacial score (nSPS) is 24.7. The van der Waals surface area contributed by atoms with Crippen LogP contribution in [0.3, 0.4) is 0 Å². The van der Waals surface area contributed by atoms with E-state index >= 15 is 0 Å². The molecule has 0 aromatic rings. The summed E-state index contributed by atoms with van der Waals surface area (Å²) in [5.74, 6) is 6.47. The van der Waals surface area contributed by atoms with Gasteiger partial charge in [-0.15, -0.1) is 9.60 Å². The second-order valence-corrected chi connectivity index (χ2v) is 5.07. The maximum Gasteiger partial charge on any atom is 0.0305 e. The van der Waals surface area contributed by atoms with Crippen LogP contribution in [0.5, 0.6) is 0 Å². The number of hydrogen-bond acceptors (Lipinski definition) is 4. The Morgan fingerprint density at radius 2 is 1.61 bits per heavy atom. The molecule has 0 atom stereocenters. The number of hydrogen-bond donors (Lipinski definition) is 2. The topological polar surface area (TPSA) is 44.5 Å². The summed E-state index contributed by atoms with van der Waals surface area (Å²) in [5, 5.41) is 6.40. The highest BCUT2D eigenvalue weighted by Gasteiger charge is 2.21. The third-order valence-electron chi connectivity index (χ3n) is 3.78. The van der Waals surface area contributed by atoms with Gasteiger partial charge in [-0.2, -0.15) is 0 Å². The average Bonchev–Trinajstić information content (AvgIpc) is 2.42. The summed E-state index contributed by atoms with van der Waals surface area (Å²) in [6.45, 7) is 8.26. The molecule has 2 heterocycles. The molecule has 0 amide bonds. The van der Waals surface area contributed by atoms with Gasteiger partial charge in [0.15, 0.2) is 0 Å². The van der Waals surface area contributed by atoms with Gasteiger partial charge in [0.25, 0.3) is 0 Å². The molecule has 0 spiro atoms. The molecule has 18 heavy (non-hydrogen) atoms. The highest BCUT2D eigenvalue weighted by Crippen LogP contribution is 2.16. The zero-order chi connectivity index (χ0) is 13.4. The predicted molar refractivity (Wildman–Crippen MR) is 73.5 cm³/mol. The molecule has 2 aliphatic heterocycles. The van der Waals surface area contributed by atoms with Crippen LogP contribution in [0.2, 0.25) is 0 Å². The SMILES string of the molecule is CC.NN1CCC(CNC2CCN(F)CC2)CC1. The van der Waals surface area contributed by atoms with Crippen LogP contribution in [0.4, 0.5) is 4.48 Å². The lowest BCUT2D eigenvalue weighted by atomic mass is 9.96. The minimum Gasteiger partial charge on any atom is -0.314 e. The van der Waals surface area contributed by atoms with E-state index in [0.29, 0.717) is 19.1 Å². The summed E-state index contributed by atoms with van der Waals surface area (Å²) in [6, 6.07) is 0.517. The van der Waals surface area contributed by atoms with Gasteiger partial charge in [0.1, 0.15) is 0 Å². The Bertz CT molecular complexity index is 177. The molecule has 3 N–H and O–H groups in total. The van der Waals surface area contributed by atoms with Crippen molar-refractivity contribution in [3.63, 3.8) is 0 Å². The smallest absolute Gasteiger partial charge is 0.0305 e. The van der Waals surface area contributed by atoms with Crippen molar-refractivity contribution in [3.05, 3.63) is 0 Å². The Morgan fingerprint density at radius 1 is 1.06 bits per heavy atom. The molecule has 0 aromatic heterocycles. The van der Waals surface area contributed by atoms with Gasteiger partial charge in [0, 0.05) is 32.2 Å². The molecule has 0 aromatic carbocycles. The number of halogens is 1. The van der Waals surface area contributed by atoms with Gasteiger partial charge in [-0.05, 0) is 38.1 Å². The Labute approximate surface area is 111 Å². The zero-order valence-electron chi connectivity index (χ0n) is 11.9. The van der Waals surface area contributed by atoms with Crippen molar-refractivity contribution >= 4 is 0 Å². The van der Waals surface area contributed by atoms with E-state index < -0.39 is 0 Å². The molecule has 0 bridgehead atoms. The molecule has 2 rings (SSSR count). The summed E-state index contributed by atoms with van der Waals surface area (Å²) in [5.41, 5.74) is 0. The van der Waals surface area contributed by atoms with Crippen LogP contribution in [-0.4, -0.2) is 48.9 Å². The van der Waals surface area contributed by atoms with E-state index in [-0.39, 0.29) is 0 Å². The molecule has 2 fully saturated rings. The van der Waals surface area contributed by atoms with Gasteiger partial charge in [-0.25, -0.2) is 5.01 Å². The van der Waals surface area contributed by atoms with E-state index in [1.54, 1.807) is 0 Å². The third kappa shape index (κ3) is 5.61. The Morgan fingerprint density at radius 3 is 2.17 bits per heavy atom. The summed E-state index contributed by atoms with van der Waals surface area (Å²) >= 11 is 0. The van der Waals surface area contributed by atoms with Gasteiger partial charge in [-0.3, -0.25) is 5.84 Å². The molecule has 0 radical (unpaired) electrons. The molecular formula is C13H29FN4. The van der Waals surface area contributed by atoms with Gasteiger partial charge in [0.05, 0.1) is 0 Å². The van der Waals surface area contributed by atoms with Crippen molar-refractivity contribution in [1.29, 1.82) is 0 Å². The lowest BCUT2D eigenvalue weighted by Gasteiger charge is -2.31. The zero-order valence-corrected chi connectivity index (χ0v) is 11.9. The van der Waals surface area contributed by atoms with E-state index in [9.17, 15) is 4.48 Å². The largest absolute Gasteiger partial charge is 0.314 e. The number of hydrazine groups is 1. The van der Waals surface area contributed by atoms with Gasteiger partial charge in [0.2, 0.25) is 0 Å². The van der Waals surface area contributed by atoms with Crippen LogP contribution in [0.25, 0.3) is 0 Å². The monoisotopic (exact) mass is 260 g/mol. The minimum absolute atomic E-state index is 0.517. The van der Waals surface area contributed by atoms with Crippen molar-refractivity contribution in [2.45, 2.75) is 45.6 Å². The van der Waals surface area contributed by atoms with Crippen molar-refractivity contribution in [2.24, 2.45) is 11.8 Å². The van der Waals surface area contributed by atoms with Crippen LogP contribution in [0.15, 0.2) is 0 Å². The van der Waals surface area contributed by atoms with Crippen LogP contribution in [0.1, 0.15) is 39.5 Å². The van der Waals surface area contributed by atoms with Crippen LogP contribution >= 0.6 is 0 Å². The molecule has 108 valence electrons. The van der Waals surface area contributed by atoms with Crippen LogP contribution in [0, 0.1) is 5.92 Å². The van der Waals surface area contributed by atoms with E-state index in [1.807, 2.05) is 18.9 Å². The standard InChI is InChI=1S/C11H23FN4.C2H6/c12-15-5-3-11(4-6-15)14-9-10-1-7-16(13)8-2-10;1-2/h10-11,14H,1-9,13H2;1-2H3. The molecule has 2 saturated heterocycles. The average molecular weight is 260 g/mol. The van der Waals surface area contributed by atoms with E-state index in [0.717, 1.165) is 43.5 Å². The van der Waals surface area contributed by atoms with Crippen molar-refractivity contribution < 1.29 is 4.48 Å². The van der Waals surface area contributed by atoms with E-state index in [4.69, 9.17) is 5.84 Å². The summed E-state index contributed by atoms with van der Waals surface area (Å²) in [4.78, 5) is 0. The van der Waals surface area contributed by atoms with E-state index in [2.05, 4.69) is 5.32 Å². The fraction of sp³-hybridized carbons (Fsp3) is 1.00. The number of nitrogens with two attached hydrogens (primary N) is 1. The highest BCUT2D eigenvalue weighted by molar-refractivity contribution is 4.77. The molecule has 4 nitrogen and oxygen atoms in total. The van der Waals surface area contributed by atoms with Crippen molar-refractivity contribution in [3.8, 4) is 0 Å². The molecule has 2 aliphatic rings. The lowest BCUT2D eigenvalue weighted by Crippen LogP contribution is -2.44. The Balaban J connectivity index is 0.000000771. The van der Waals surface area contributed by atoms with E-state index in [1.165, 1.54) is 12.8 Å². The fourth-order valence-corrected chi connectivity index (χ4v) is 2.54. The van der Waals surface area contributed by atoms with Crippen molar-refractivity contribution in [2.75, 3.05) is 32.7 Å². The lowest BCUT2D eigenvalue weighted by molar-refractivity contribution is -0.00285. The second-order valence-electron chi connectivity index (χ2n) is 5.07. The van der Waals surface area contributed by atoms with Gasteiger partial charge >= 0.3 is 0 Å². The fourth-order valence-electron chi connectivity index (χ4n) is 2.54. The van der Waals surface area contributed by atoms with Gasteiger partial charge in [-0.1, -0.05) is 13.8 Å². The highest BCUT2D eigenvalue weighted by atomic mass is 19.2. The Hall–Kier alpha value is -0.230. The first kappa shape index (κ1) is 15.8. The molecule has 0 unspecified atom stereocenters. The van der Waals surface area contributed by atoms with Crippen LogP contribution < -0.4 is 11.2 Å². The Kier molecular flexibility index (Phi) is 7.74. The number of nitrogens with zero attached hydrogens (tertiary/aromatic N) is 2. The van der Waals surface area contributed by atoms with Crippen molar-refractivity contribution in [1.82, 2.24) is 15.4 Å². The third-order valence-corrected chi connectivity index (χ3v) is 3.78. The number of nitrogens with one attached hydrogen (secondary N) is 1. The summed E-state index contributed by atoms with van der Waals surface area (Å²) in [6.07, 6.45) is 4.25. The predicted octanol–water partition coefficient (Wildman–Crippen LogP) is 1.54. The molecule has 0 aliphatic carbocycles. The maximum atomic E-state index is 12.8.